The van der Waals surface area contributed by atoms with E-state index in [-0.39, 0.29) is 7.92 Å². The fraction of sp³-hybridized carbons (Fsp3) is 0.333. The van der Waals surface area contributed by atoms with Gasteiger partial charge in [-0.1, -0.05) is 67.6 Å². The van der Waals surface area contributed by atoms with Gasteiger partial charge in [-0.2, -0.15) is 0 Å². The summed E-state index contributed by atoms with van der Waals surface area (Å²) in [4.78, 5) is 0. The third-order valence-electron chi connectivity index (χ3n) is 3.98. The van der Waals surface area contributed by atoms with Crippen LogP contribution in [-0.4, -0.2) is 18.7 Å². The van der Waals surface area contributed by atoms with Crippen LogP contribution in [0.3, 0.4) is 0 Å². The Morgan fingerprint density at radius 3 is 1.95 bits per heavy atom. The van der Waals surface area contributed by atoms with Gasteiger partial charge in [0.2, 0.25) is 0 Å². The Hall–Kier alpha value is -1.17. The van der Waals surface area contributed by atoms with E-state index in [9.17, 15) is 0 Å². The van der Waals surface area contributed by atoms with Gasteiger partial charge in [-0.15, -0.1) is 0 Å². The monoisotopic (exact) mass is 283 g/mol. The molecule has 0 spiro atoms. The second kappa shape index (κ2) is 6.52. The predicted molar refractivity (Wildman–Crippen MR) is 89.5 cm³/mol. The lowest BCUT2D eigenvalue weighted by molar-refractivity contribution is 0.625. The number of rotatable bonds is 4. The van der Waals surface area contributed by atoms with Crippen molar-refractivity contribution in [2.75, 3.05) is 12.7 Å². The Kier molecular flexibility index (Phi) is 4.50. The maximum absolute atomic E-state index is 3.69. The molecule has 1 N–H and O–H groups in total. The summed E-state index contributed by atoms with van der Waals surface area (Å²) in [6.07, 6.45) is 2.58. The van der Waals surface area contributed by atoms with E-state index in [1.807, 2.05) is 0 Å². The Morgan fingerprint density at radius 2 is 1.50 bits per heavy atom. The van der Waals surface area contributed by atoms with E-state index in [4.69, 9.17) is 0 Å². The summed E-state index contributed by atoms with van der Waals surface area (Å²) in [7, 11) is -0.243. The average Bonchev–Trinajstić information content (AvgIpc) is 2.92. The maximum atomic E-state index is 3.69. The summed E-state index contributed by atoms with van der Waals surface area (Å²) >= 11 is 0. The molecule has 2 aromatic carbocycles. The van der Waals surface area contributed by atoms with Gasteiger partial charge in [0.1, 0.15) is 0 Å². The first-order valence-corrected chi connectivity index (χ1v) is 8.96. The van der Waals surface area contributed by atoms with E-state index in [1.165, 1.54) is 29.7 Å². The molecule has 0 radical (unpaired) electrons. The highest BCUT2D eigenvalue weighted by Gasteiger charge is 2.25. The van der Waals surface area contributed by atoms with E-state index in [0.717, 1.165) is 5.92 Å². The van der Waals surface area contributed by atoms with Crippen molar-refractivity contribution >= 4 is 18.5 Å². The summed E-state index contributed by atoms with van der Waals surface area (Å²) in [6.45, 7) is 3.53. The standard InChI is InChI=1S/C18H22NP/c1-15-12-16(19-13-15)14-20(17-8-4-2-5-9-17)18-10-6-3-7-11-18/h2-11,15-16,19H,12-14H2,1H3. The lowest BCUT2D eigenvalue weighted by Gasteiger charge is -2.22. The van der Waals surface area contributed by atoms with E-state index in [2.05, 4.69) is 72.9 Å². The third-order valence-corrected chi connectivity index (χ3v) is 6.63. The third kappa shape index (κ3) is 3.29. The van der Waals surface area contributed by atoms with Crippen LogP contribution in [0.25, 0.3) is 0 Å². The minimum Gasteiger partial charge on any atom is -0.313 e. The maximum Gasteiger partial charge on any atom is 0.0115 e. The van der Waals surface area contributed by atoms with Crippen LogP contribution in [0.2, 0.25) is 0 Å². The first kappa shape index (κ1) is 13.8. The van der Waals surface area contributed by atoms with Crippen molar-refractivity contribution in [3.8, 4) is 0 Å². The van der Waals surface area contributed by atoms with Crippen LogP contribution in [0.4, 0.5) is 0 Å². The molecular weight excluding hydrogens is 261 g/mol. The Labute approximate surface area is 123 Å². The first-order chi connectivity index (χ1) is 9.83. The molecule has 2 aromatic rings. The molecule has 3 rings (SSSR count). The van der Waals surface area contributed by atoms with Crippen molar-refractivity contribution in [3.05, 3.63) is 60.7 Å². The topological polar surface area (TPSA) is 12.0 Å². The number of hydrogen-bond acceptors (Lipinski definition) is 1. The van der Waals surface area contributed by atoms with Crippen molar-refractivity contribution in [1.82, 2.24) is 5.32 Å². The second-order valence-corrected chi connectivity index (χ2v) is 7.98. The highest BCUT2D eigenvalue weighted by atomic mass is 31.1. The molecule has 20 heavy (non-hydrogen) atoms. The van der Waals surface area contributed by atoms with Crippen LogP contribution in [-0.2, 0) is 0 Å². The normalized spacial score (nSPS) is 22.3. The fourth-order valence-corrected chi connectivity index (χ4v) is 5.46. The molecule has 0 bridgehead atoms. The van der Waals surface area contributed by atoms with E-state index >= 15 is 0 Å². The van der Waals surface area contributed by atoms with E-state index < -0.39 is 0 Å². The lowest BCUT2D eigenvalue weighted by Crippen LogP contribution is -2.28. The van der Waals surface area contributed by atoms with Gasteiger partial charge in [0.25, 0.3) is 0 Å². The molecule has 1 aliphatic heterocycles. The minimum atomic E-state index is -0.243. The molecule has 2 heteroatoms. The van der Waals surface area contributed by atoms with Gasteiger partial charge < -0.3 is 5.32 Å². The molecule has 0 aliphatic carbocycles. The van der Waals surface area contributed by atoms with Crippen molar-refractivity contribution in [1.29, 1.82) is 0 Å². The zero-order valence-corrected chi connectivity index (χ0v) is 12.9. The van der Waals surface area contributed by atoms with Crippen molar-refractivity contribution in [2.45, 2.75) is 19.4 Å². The Balaban J connectivity index is 1.84. The molecule has 1 fully saturated rings. The molecule has 2 unspecified atom stereocenters. The van der Waals surface area contributed by atoms with Gasteiger partial charge in [-0.25, -0.2) is 0 Å². The van der Waals surface area contributed by atoms with Crippen LogP contribution in [0.1, 0.15) is 13.3 Å². The van der Waals surface area contributed by atoms with Crippen molar-refractivity contribution in [3.63, 3.8) is 0 Å². The summed E-state index contributed by atoms with van der Waals surface area (Å²) in [5.41, 5.74) is 0. The average molecular weight is 283 g/mol. The molecule has 104 valence electrons. The molecule has 2 atom stereocenters. The lowest BCUT2D eigenvalue weighted by atomic mass is 10.1. The summed E-state index contributed by atoms with van der Waals surface area (Å²) in [5.74, 6) is 0.823. The fourth-order valence-electron chi connectivity index (χ4n) is 2.96. The highest BCUT2D eigenvalue weighted by Crippen LogP contribution is 2.36. The predicted octanol–water partition coefficient (Wildman–Crippen LogP) is 3.12. The summed E-state index contributed by atoms with van der Waals surface area (Å²) in [5, 5.41) is 6.68. The number of hydrogen-bond donors (Lipinski definition) is 1. The molecular formula is C18H22NP. The van der Waals surface area contributed by atoms with Gasteiger partial charge in [0.05, 0.1) is 0 Å². The molecule has 0 saturated carbocycles. The molecule has 1 aliphatic rings. The molecule has 1 nitrogen and oxygen atoms in total. The van der Waals surface area contributed by atoms with Crippen LogP contribution in [0.5, 0.6) is 0 Å². The Morgan fingerprint density at radius 1 is 0.950 bits per heavy atom. The van der Waals surface area contributed by atoms with Crippen molar-refractivity contribution in [2.24, 2.45) is 5.92 Å². The first-order valence-electron chi connectivity index (χ1n) is 7.44. The summed E-state index contributed by atoms with van der Waals surface area (Å²) in [6, 6.07) is 22.7. The Bertz CT molecular complexity index is 486. The van der Waals surface area contributed by atoms with Crippen LogP contribution >= 0.6 is 7.92 Å². The van der Waals surface area contributed by atoms with Gasteiger partial charge in [-0.05, 0) is 43.6 Å². The smallest absolute Gasteiger partial charge is 0.0115 e. The molecule has 1 saturated heterocycles. The minimum absolute atomic E-state index is 0.243. The van der Waals surface area contributed by atoms with Gasteiger partial charge >= 0.3 is 0 Å². The van der Waals surface area contributed by atoms with Gasteiger partial charge in [0, 0.05) is 6.04 Å². The largest absolute Gasteiger partial charge is 0.313 e. The quantitative estimate of drug-likeness (QED) is 0.850. The number of benzene rings is 2. The SMILES string of the molecule is CC1CNC(CP(c2ccccc2)c2ccccc2)C1. The van der Waals surface area contributed by atoms with Crippen LogP contribution in [0, 0.1) is 5.92 Å². The van der Waals surface area contributed by atoms with Crippen LogP contribution in [0.15, 0.2) is 60.7 Å². The van der Waals surface area contributed by atoms with Gasteiger partial charge in [0.15, 0.2) is 0 Å². The zero-order valence-electron chi connectivity index (χ0n) is 12.0. The highest BCUT2D eigenvalue weighted by molar-refractivity contribution is 7.73. The van der Waals surface area contributed by atoms with E-state index in [0.29, 0.717) is 6.04 Å². The van der Waals surface area contributed by atoms with Crippen LogP contribution < -0.4 is 15.9 Å². The second-order valence-electron chi connectivity index (χ2n) is 5.73. The van der Waals surface area contributed by atoms with Gasteiger partial charge in [-0.3, -0.25) is 0 Å². The molecule has 0 aromatic heterocycles. The van der Waals surface area contributed by atoms with Crippen molar-refractivity contribution < 1.29 is 0 Å². The summed E-state index contributed by atoms with van der Waals surface area (Å²) < 4.78 is 0. The molecule has 1 heterocycles. The van der Waals surface area contributed by atoms with E-state index in [1.54, 1.807) is 0 Å². The number of nitrogens with one attached hydrogen (secondary N) is 1. The zero-order chi connectivity index (χ0) is 13.8. The molecule has 0 amide bonds.